The first-order valence-corrected chi connectivity index (χ1v) is 7.49. The fourth-order valence-corrected chi connectivity index (χ4v) is 2.09. The van der Waals surface area contributed by atoms with Crippen LogP contribution in [-0.4, -0.2) is 11.9 Å². The second-order valence-electron chi connectivity index (χ2n) is 6.39. The van der Waals surface area contributed by atoms with Gasteiger partial charge >= 0.3 is 0 Å². The summed E-state index contributed by atoms with van der Waals surface area (Å²) in [6.45, 7) is 7.44. The summed E-state index contributed by atoms with van der Waals surface area (Å²) in [6.07, 6.45) is 12.9. The van der Waals surface area contributed by atoms with E-state index in [1.807, 2.05) is 0 Å². The molecule has 0 saturated heterocycles. The van der Waals surface area contributed by atoms with Gasteiger partial charge in [-0.05, 0) is 18.3 Å². The van der Waals surface area contributed by atoms with Gasteiger partial charge in [0.25, 0.3) is 0 Å². The maximum absolute atomic E-state index is 7.94. The Morgan fingerprint density at radius 1 is 0.722 bits per heavy atom. The molecule has 0 fully saturated rings. The van der Waals surface area contributed by atoms with Crippen LogP contribution in [0, 0.1) is 5.41 Å². The summed E-state index contributed by atoms with van der Waals surface area (Å²) in [4.78, 5) is 4.39. The molecule has 3 heteroatoms. The molecule has 0 aliphatic carbocycles. The van der Waals surface area contributed by atoms with E-state index in [-0.39, 0.29) is 0 Å². The van der Waals surface area contributed by atoms with E-state index < -0.39 is 0 Å². The Kier molecular flexibility index (Phi) is 11.9. The second-order valence-corrected chi connectivity index (χ2v) is 6.39. The average molecular weight is 260 g/mol. The Morgan fingerprint density at radius 3 is 1.61 bits per heavy atom. The molecule has 0 saturated carbocycles. The Hall–Kier alpha value is -0.120. The van der Waals surface area contributed by atoms with E-state index in [0.717, 1.165) is 12.8 Å². The summed E-state index contributed by atoms with van der Waals surface area (Å²) >= 11 is 0. The number of rotatable bonds is 12. The highest BCUT2D eigenvalue weighted by atomic mass is 17.5. The minimum atomic E-state index is 0.489. The van der Waals surface area contributed by atoms with Crippen molar-refractivity contribution >= 4 is 0 Å². The van der Waals surface area contributed by atoms with Crippen molar-refractivity contribution in [2.24, 2.45) is 5.41 Å². The van der Waals surface area contributed by atoms with E-state index in [2.05, 4.69) is 30.7 Å². The van der Waals surface area contributed by atoms with Gasteiger partial charge in [0.15, 0.2) is 0 Å². The average Bonchev–Trinajstić information content (AvgIpc) is 2.29. The Bertz CT molecular complexity index is 164. The highest BCUT2D eigenvalue weighted by Crippen LogP contribution is 2.22. The van der Waals surface area contributed by atoms with Gasteiger partial charge in [-0.2, -0.15) is 0 Å². The molecule has 0 unspecified atom stereocenters. The van der Waals surface area contributed by atoms with Gasteiger partial charge in [-0.1, -0.05) is 77.2 Å². The first-order chi connectivity index (χ1) is 8.56. The number of hydrogen-bond donors (Lipinski definition) is 1. The molecule has 3 nitrogen and oxygen atoms in total. The van der Waals surface area contributed by atoms with Crippen LogP contribution in [0.25, 0.3) is 0 Å². The van der Waals surface area contributed by atoms with Crippen molar-refractivity contribution < 1.29 is 15.2 Å². The van der Waals surface area contributed by atoms with Gasteiger partial charge in [0, 0.05) is 0 Å². The van der Waals surface area contributed by atoms with E-state index >= 15 is 0 Å². The highest BCUT2D eigenvalue weighted by molar-refractivity contribution is 4.61. The molecule has 18 heavy (non-hydrogen) atoms. The molecular weight excluding hydrogens is 228 g/mol. The van der Waals surface area contributed by atoms with E-state index in [9.17, 15) is 0 Å². The van der Waals surface area contributed by atoms with Gasteiger partial charge in [-0.3, -0.25) is 0 Å². The van der Waals surface area contributed by atoms with Gasteiger partial charge in [0.2, 0.25) is 0 Å². The number of hydrogen-bond acceptors (Lipinski definition) is 3. The van der Waals surface area contributed by atoms with Crippen LogP contribution >= 0.6 is 0 Å². The van der Waals surface area contributed by atoms with Crippen molar-refractivity contribution in [3.05, 3.63) is 0 Å². The lowest BCUT2D eigenvalue weighted by atomic mass is 9.89. The predicted octanol–water partition coefficient (Wildman–Crippen LogP) is 5.35. The molecule has 0 aromatic carbocycles. The molecular formula is C15H32O3. The van der Waals surface area contributed by atoms with Crippen LogP contribution in [0.1, 0.15) is 85.0 Å². The zero-order valence-electron chi connectivity index (χ0n) is 12.5. The first-order valence-electron chi connectivity index (χ1n) is 7.49. The van der Waals surface area contributed by atoms with E-state index in [0.29, 0.717) is 12.0 Å². The molecule has 0 rings (SSSR count). The summed E-state index contributed by atoms with van der Waals surface area (Å²) < 4.78 is 0. The summed E-state index contributed by atoms with van der Waals surface area (Å²) in [6, 6.07) is 0. The molecule has 0 bridgehead atoms. The predicted molar refractivity (Wildman–Crippen MR) is 75.3 cm³/mol. The van der Waals surface area contributed by atoms with Crippen molar-refractivity contribution in [1.29, 1.82) is 0 Å². The van der Waals surface area contributed by atoms with Crippen LogP contribution in [-0.2, 0) is 9.93 Å². The lowest BCUT2D eigenvalue weighted by Gasteiger charge is -2.17. The molecule has 0 amide bonds. The topological polar surface area (TPSA) is 38.7 Å². The van der Waals surface area contributed by atoms with Crippen LogP contribution < -0.4 is 0 Å². The molecule has 0 aliphatic rings. The van der Waals surface area contributed by atoms with Crippen molar-refractivity contribution in [2.75, 3.05) is 6.61 Å². The monoisotopic (exact) mass is 260 g/mol. The quantitative estimate of drug-likeness (QED) is 0.292. The molecule has 1 N–H and O–H groups in total. The summed E-state index contributed by atoms with van der Waals surface area (Å²) in [5, 5.41) is 11.5. The minimum Gasteiger partial charge on any atom is -0.221 e. The molecule has 0 aliphatic heterocycles. The fourth-order valence-electron chi connectivity index (χ4n) is 2.09. The largest absolute Gasteiger partial charge is 0.221 e. The normalized spacial score (nSPS) is 12.0. The third-order valence-electron chi connectivity index (χ3n) is 3.21. The van der Waals surface area contributed by atoms with E-state index in [1.165, 1.54) is 51.4 Å². The summed E-state index contributed by atoms with van der Waals surface area (Å²) in [5.74, 6) is 0. The van der Waals surface area contributed by atoms with Crippen LogP contribution in [0.15, 0.2) is 0 Å². The zero-order valence-corrected chi connectivity index (χ0v) is 12.5. The van der Waals surface area contributed by atoms with Crippen molar-refractivity contribution in [1.82, 2.24) is 0 Å². The minimum absolute atomic E-state index is 0.489. The number of unbranched alkanes of at least 4 members (excludes halogenated alkanes) is 8. The third-order valence-corrected chi connectivity index (χ3v) is 3.21. The van der Waals surface area contributed by atoms with Crippen LogP contribution in [0.4, 0.5) is 0 Å². The summed E-state index contributed by atoms with van der Waals surface area (Å²) in [7, 11) is 0. The Morgan fingerprint density at radius 2 is 1.17 bits per heavy atom. The maximum atomic E-state index is 7.94. The Labute approximate surface area is 113 Å². The molecule has 0 radical (unpaired) electrons. The van der Waals surface area contributed by atoms with Crippen molar-refractivity contribution in [3.8, 4) is 0 Å². The Balaban J connectivity index is 2.99. The van der Waals surface area contributed by atoms with E-state index in [1.54, 1.807) is 0 Å². The SMILES string of the molecule is CC(C)(C)CCCCCCCCCCCOOO. The second kappa shape index (κ2) is 11.9. The molecule has 0 heterocycles. The third kappa shape index (κ3) is 15.9. The van der Waals surface area contributed by atoms with Gasteiger partial charge in [0.05, 0.1) is 6.61 Å². The molecule has 0 aromatic rings. The van der Waals surface area contributed by atoms with Crippen molar-refractivity contribution in [3.63, 3.8) is 0 Å². The summed E-state index contributed by atoms with van der Waals surface area (Å²) in [5.41, 5.74) is 0.500. The smallest absolute Gasteiger partial charge is 0.0853 e. The van der Waals surface area contributed by atoms with Crippen LogP contribution in [0.2, 0.25) is 0 Å². The highest BCUT2D eigenvalue weighted by Gasteiger charge is 2.08. The first kappa shape index (κ1) is 17.9. The maximum Gasteiger partial charge on any atom is 0.0853 e. The lowest BCUT2D eigenvalue weighted by molar-refractivity contribution is -0.490. The van der Waals surface area contributed by atoms with Gasteiger partial charge in [0.1, 0.15) is 0 Å². The van der Waals surface area contributed by atoms with Crippen molar-refractivity contribution in [2.45, 2.75) is 85.0 Å². The van der Waals surface area contributed by atoms with Crippen LogP contribution in [0.5, 0.6) is 0 Å². The van der Waals surface area contributed by atoms with E-state index in [4.69, 9.17) is 5.26 Å². The van der Waals surface area contributed by atoms with Gasteiger partial charge < -0.3 is 0 Å². The van der Waals surface area contributed by atoms with Gasteiger partial charge in [-0.25, -0.2) is 10.1 Å². The standard InChI is InChI=1S/C15H32O3/c1-15(2,3)13-11-9-7-5-4-6-8-10-12-14-17-18-16/h16H,4-14H2,1-3H3. The van der Waals surface area contributed by atoms with Gasteiger partial charge in [-0.15, -0.1) is 0 Å². The molecule has 0 spiro atoms. The fraction of sp³-hybridized carbons (Fsp3) is 1.00. The van der Waals surface area contributed by atoms with Crippen LogP contribution in [0.3, 0.4) is 0 Å². The molecule has 110 valence electrons. The zero-order chi connectivity index (χ0) is 13.7. The molecule has 0 atom stereocenters. The molecule has 0 aromatic heterocycles. The lowest BCUT2D eigenvalue weighted by Crippen LogP contribution is -2.03.